The molecule has 1 aliphatic rings. The summed E-state index contributed by atoms with van der Waals surface area (Å²) in [5.74, 6) is 0.538. The van der Waals surface area contributed by atoms with Crippen molar-refractivity contribution in [1.29, 1.82) is 0 Å². The first-order valence-electron chi connectivity index (χ1n) is 10.4. The fourth-order valence-corrected chi connectivity index (χ4v) is 4.11. The third kappa shape index (κ3) is 4.95. The lowest BCUT2D eigenvalue weighted by Crippen LogP contribution is -2.35. The Hall–Kier alpha value is -3.60. The number of carbonyl (C=O) groups excluding carboxylic acids is 1. The lowest BCUT2D eigenvalue weighted by atomic mass is 9.96. The largest absolute Gasteiger partial charge is 0.495 e. The molecule has 2 atom stereocenters. The number of fused-ring (bicyclic) bond motifs is 1. The second kappa shape index (κ2) is 9.57. The molecule has 35 heavy (non-hydrogen) atoms. The number of halogens is 4. The van der Waals surface area contributed by atoms with Crippen LogP contribution >= 0.6 is 11.6 Å². The van der Waals surface area contributed by atoms with Crippen LogP contribution in [-0.4, -0.2) is 43.2 Å². The minimum absolute atomic E-state index is 0.0570. The molecule has 0 fully saturated rings. The molecule has 0 unspecified atom stereocenters. The third-order valence-corrected chi connectivity index (χ3v) is 5.88. The zero-order chi connectivity index (χ0) is 25.3. The molecule has 0 saturated carbocycles. The predicted octanol–water partition coefficient (Wildman–Crippen LogP) is 5.47. The van der Waals surface area contributed by atoms with Crippen molar-refractivity contribution in [2.45, 2.75) is 24.7 Å². The van der Waals surface area contributed by atoms with Gasteiger partial charge in [-0.05, 0) is 35.9 Å². The van der Waals surface area contributed by atoms with E-state index in [4.69, 9.17) is 25.8 Å². The summed E-state index contributed by atoms with van der Waals surface area (Å²) in [5.41, 5.74) is 0.635. The highest BCUT2D eigenvalue weighted by molar-refractivity contribution is 6.31. The molecule has 8 nitrogen and oxygen atoms in total. The maximum atomic E-state index is 14.0. The maximum Gasteiger partial charge on any atom is 0.410 e. The van der Waals surface area contributed by atoms with Crippen molar-refractivity contribution in [2.75, 3.05) is 32.0 Å². The van der Waals surface area contributed by atoms with Crippen LogP contribution in [0.25, 0.3) is 0 Å². The van der Waals surface area contributed by atoms with E-state index in [9.17, 15) is 18.0 Å². The van der Waals surface area contributed by atoms with E-state index in [1.165, 1.54) is 33.5 Å². The summed E-state index contributed by atoms with van der Waals surface area (Å²) in [7, 11) is 4.34. The van der Waals surface area contributed by atoms with Crippen LogP contribution in [0, 0.1) is 0 Å². The number of aromatic nitrogens is 2. The van der Waals surface area contributed by atoms with Gasteiger partial charge in [0, 0.05) is 17.5 Å². The summed E-state index contributed by atoms with van der Waals surface area (Å²) in [6, 6.07) is 8.14. The zero-order valence-corrected chi connectivity index (χ0v) is 19.7. The first-order valence-corrected chi connectivity index (χ1v) is 10.8. The van der Waals surface area contributed by atoms with Gasteiger partial charge in [-0.15, -0.1) is 0 Å². The second-order valence-corrected chi connectivity index (χ2v) is 8.20. The highest BCUT2D eigenvalue weighted by Gasteiger charge is 2.47. The van der Waals surface area contributed by atoms with E-state index in [0.717, 1.165) is 4.68 Å². The number of nitrogens with one attached hydrogen (secondary N) is 2. The molecule has 0 spiro atoms. The molecule has 0 bridgehead atoms. The van der Waals surface area contributed by atoms with E-state index in [1.807, 2.05) is 0 Å². The number of carbonyl (C=O) groups is 1. The second-order valence-electron chi connectivity index (χ2n) is 7.76. The molecule has 2 heterocycles. The molecule has 3 aromatic rings. The maximum absolute atomic E-state index is 14.0. The summed E-state index contributed by atoms with van der Waals surface area (Å²) in [6.07, 6.45) is -4.93. The van der Waals surface area contributed by atoms with Gasteiger partial charge >= 0.3 is 6.18 Å². The van der Waals surface area contributed by atoms with Crippen molar-refractivity contribution < 1.29 is 32.2 Å². The fraction of sp³-hybridized carbons (Fsp3) is 0.304. The van der Waals surface area contributed by atoms with Gasteiger partial charge in [-0.2, -0.15) is 18.3 Å². The Balaban J connectivity index is 1.66. The highest BCUT2D eigenvalue weighted by Crippen LogP contribution is 2.44. The van der Waals surface area contributed by atoms with Crippen LogP contribution in [0.3, 0.4) is 0 Å². The smallest absolute Gasteiger partial charge is 0.410 e. The SMILES string of the molecule is COc1ccc(Cl)cc1NC(=O)c1cc2n(n1)[C@H](C(F)(F)F)C[C@H](c1ccc(OC)c(OC)c1)N2. The Morgan fingerprint density at radius 1 is 1.06 bits per heavy atom. The van der Waals surface area contributed by atoms with Gasteiger partial charge in [0.2, 0.25) is 0 Å². The van der Waals surface area contributed by atoms with Gasteiger partial charge in [0.15, 0.2) is 23.2 Å². The van der Waals surface area contributed by atoms with Crippen molar-refractivity contribution in [1.82, 2.24) is 9.78 Å². The van der Waals surface area contributed by atoms with Gasteiger partial charge in [0.25, 0.3) is 5.91 Å². The van der Waals surface area contributed by atoms with Crippen molar-refractivity contribution in [3.05, 3.63) is 58.7 Å². The molecule has 2 aromatic carbocycles. The fourth-order valence-electron chi connectivity index (χ4n) is 3.94. The number of alkyl halides is 3. The quantitative estimate of drug-likeness (QED) is 0.457. The Morgan fingerprint density at radius 2 is 1.74 bits per heavy atom. The molecule has 0 aliphatic carbocycles. The lowest BCUT2D eigenvalue weighted by Gasteiger charge is -2.33. The third-order valence-electron chi connectivity index (χ3n) is 5.64. The minimum Gasteiger partial charge on any atom is -0.495 e. The molecule has 4 rings (SSSR count). The summed E-state index contributed by atoms with van der Waals surface area (Å²) in [6.45, 7) is 0. The van der Waals surface area contributed by atoms with E-state index in [0.29, 0.717) is 27.8 Å². The molecule has 1 aromatic heterocycles. The molecular formula is C23H22ClF3N4O4. The molecule has 12 heteroatoms. The van der Waals surface area contributed by atoms with Crippen LogP contribution in [0.2, 0.25) is 5.02 Å². The first-order chi connectivity index (χ1) is 16.6. The van der Waals surface area contributed by atoms with E-state index in [1.54, 1.807) is 30.3 Å². The van der Waals surface area contributed by atoms with Crippen molar-refractivity contribution in [3.63, 3.8) is 0 Å². The number of hydrogen-bond acceptors (Lipinski definition) is 6. The summed E-state index contributed by atoms with van der Waals surface area (Å²) >= 11 is 5.99. The van der Waals surface area contributed by atoms with Crippen LogP contribution < -0.4 is 24.8 Å². The number of hydrogen-bond donors (Lipinski definition) is 2. The number of anilines is 2. The minimum atomic E-state index is -4.60. The van der Waals surface area contributed by atoms with Crippen LogP contribution in [0.15, 0.2) is 42.5 Å². The molecule has 2 N–H and O–H groups in total. The Bertz CT molecular complexity index is 1250. The number of methoxy groups -OCH3 is 3. The number of ether oxygens (including phenoxy) is 3. The van der Waals surface area contributed by atoms with E-state index in [2.05, 4.69) is 15.7 Å². The first kappa shape index (κ1) is 24.5. The van der Waals surface area contributed by atoms with Crippen molar-refractivity contribution in [2.24, 2.45) is 0 Å². The van der Waals surface area contributed by atoms with Gasteiger partial charge in [-0.1, -0.05) is 17.7 Å². The normalized spacial score (nSPS) is 17.2. The lowest BCUT2D eigenvalue weighted by molar-refractivity contribution is -0.173. The number of nitrogens with zero attached hydrogens (tertiary/aromatic N) is 2. The molecular weight excluding hydrogens is 489 g/mol. The number of benzene rings is 2. The van der Waals surface area contributed by atoms with Gasteiger partial charge < -0.3 is 24.8 Å². The van der Waals surface area contributed by atoms with Crippen LogP contribution in [-0.2, 0) is 0 Å². The predicted molar refractivity (Wildman–Crippen MR) is 124 cm³/mol. The average Bonchev–Trinajstić information content (AvgIpc) is 3.27. The summed E-state index contributed by atoms with van der Waals surface area (Å²) < 4.78 is 58.5. The highest BCUT2D eigenvalue weighted by atomic mass is 35.5. The topological polar surface area (TPSA) is 86.6 Å². The van der Waals surface area contributed by atoms with Crippen LogP contribution in [0.1, 0.15) is 34.6 Å². The Kier molecular flexibility index (Phi) is 6.70. The van der Waals surface area contributed by atoms with Crippen LogP contribution in [0.4, 0.5) is 24.7 Å². The van der Waals surface area contributed by atoms with Gasteiger partial charge in [-0.3, -0.25) is 4.79 Å². The van der Waals surface area contributed by atoms with Crippen molar-refractivity contribution >= 4 is 29.0 Å². The van der Waals surface area contributed by atoms with Crippen molar-refractivity contribution in [3.8, 4) is 17.2 Å². The summed E-state index contributed by atoms with van der Waals surface area (Å²) in [5, 5.41) is 9.96. The van der Waals surface area contributed by atoms with Crippen LogP contribution in [0.5, 0.6) is 17.2 Å². The van der Waals surface area contributed by atoms with E-state index in [-0.39, 0.29) is 23.6 Å². The standard InChI is InChI=1S/C23H22ClF3N4O4/c1-33-17-7-5-13(24)9-15(17)29-22(32)16-11-21-28-14(10-20(23(25,26)27)31(21)30-16)12-4-6-18(34-2)19(8-12)35-3/h4-9,11,14,20,28H,10H2,1-3H3,(H,29,32)/t14-,20+/m1/s1. The average molecular weight is 511 g/mol. The van der Waals surface area contributed by atoms with E-state index < -0.39 is 24.2 Å². The molecule has 186 valence electrons. The monoisotopic (exact) mass is 510 g/mol. The molecule has 1 amide bonds. The number of amides is 1. The van der Waals surface area contributed by atoms with Gasteiger partial charge in [-0.25, -0.2) is 4.68 Å². The molecule has 0 saturated heterocycles. The molecule has 0 radical (unpaired) electrons. The van der Waals surface area contributed by atoms with Gasteiger partial charge in [0.05, 0.1) is 33.1 Å². The molecule has 1 aliphatic heterocycles. The van der Waals surface area contributed by atoms with E-state index >= 15 is 0 Å². The van der Waals surface area contributed by atoms with Gasteiger partial charge in [0.1, 0.15) is 11.6 Å². The Labute approximate surface area is 203 Å². The number of rotatable bonds is 6. The Morgan fingerprint density at radius 3 is 2.40 bits per heavy atom. The zero-order valence-electron chi connectivity index (χ0n) is 18.9. The summed E-state index contributed by atoms with van der Waals surface area (Å²) in [4.78, 5) is 12.8.